The van der Waals surface area contributed by atoms with Crippen LogP contribution in [-0.4, -0.2) is 15.2 Å². The second kappa shape index (κ2) is 9.04. The van der Waals surface area contributed by atoms with Crippen molar-refractivity contribution in [1.29, 1.82) is 0 Å². The molecule has 4 nitrogen and oxygen atoms in total. The van der Waals surface area contributed by atoms with E-state index in [0.717, 1.165) is 39.6 Å². The first-order valence-electron chi connectivity index (χ1n) is 8.93. The largest absolute Gasteiger partial charge is 0.383 e. The first-order chi connectivity index (χ1) is 12.7. The minimum absolute atomic E-state index is 0.258. The highest BCUT2D eigenvalue weighted by Crippen LogP contribution is 2.32. The Kier molecular flexibility index (Phi) is 7.02. The summed E-state index contributed by atoms with van der Waals surface area (Å²) >= 11 is 1.48. The summed E-state index contributed by atoms with van der Waals surface area (Å²) in [5.74, 6) is -0.165. The Hall–Kier alpha value is -2.34. The van der Waals surface area contributed by atoms with E-state index in [4.69, 9.17) is 5.73 Å². The summed E-state index contributed by atoms with van der Waals surface area (Å²) in [6.45, 7) is 14.1. The van der Waals surface area contributed by atoms with Crippen molar-refractivity contribution in [3.8, 4) is 0 Å². The summed E-state index contributed by atoms with van der Waals surface area (Å²) in [6.07, 6.45) is 7.79. The van der Waals surface area contributed by atoms with Crippen LogP contribution in [0, 0.1) is 12.7 Å². The van der Waals surface area contributed by atoms with Crippen LogP contribution < -0.4 is 5.73 Å². The fourth-order valence-electron chi connectivity index (χ4n) is 2.40. The van der Waals surface area contributed by atoms with Gasteiger partial charge < -0.3 is 10.1 Å². The second-order valence-corrected chi connectivity index (χ2v) is 7.78. The third kappa shape index (κ3) is 5.32. The zero-order valence-corrected chi connectivity index (χ0v) is 17.5. The van der Waals surface area contributed by atoms with E-state index in [1.807, 2.05) is 27.7 Å². The Labute approximate surface area is 164 Å². The Bertz CT molecular complexity index is 946. The van der Waals surface area contributed by atoms with Gasteiger partial charge in [-0.2, -0.15) is 0 Å². The minimum atomic E-state index is -0.423. The van der Waals surface area contributed by atoms with Gasteiger partial charge in [-0.05, 0) is 51.3 Å². The summed E-state index contributed by atoms with van der Waals surface area (Å²) in [7, 11) is 0. The molecule has 2 aromatic heterocycles. The Morgan fingerprint density at radius 2 is 2.07 bits per heavy atom. The topological polar surface area (TPSA) is 55.7 Å². The van der Waals surface area contributed by atoms with E-state index < -0.39 is 5.82 Å². The molecular weight excluding hydrogens is 359 g/mol. The highest BCUT2D eigenvalue weighted by molar-refractivity contribution is 8.06. The third-order valence-corrected chi connectivity index (χ3v) is 5.23. The standard InChI is InChI=1S/C21H27FN4S/c1-7-8-9-14(4)16(6)27-21(13(2)3)25-19(23)17-10-18(22)20-24-15(5)11-26(20)12-17/h9-12H,6-8H2,1-5H3,(H2,23,25)/b14-9+. The third-order valence-electron chi connectivity index (χ3n) is 3.97. The SMILES string of the molecule is C=C(SC(/N=C(\N)c1cc(F)c2nc(C)cn2c1)=C(C)C)/C(C)=C/CCC. The van der Waals surface area contributed by atoms with Crippen LogP contribution in [-0.2, 0) is 0 Å². The van der Waals surface area contributed by atoms with Crippen LogP contribution in [0.1, 0.15) is 51.8 Å². The summed E-state index contributed by atoms with van der Waals surface area (Å²) in [5.41, 5.74) is 9.89. The van der Waals surface area contributed by atoms with Crippen LogP contribution in [0.2, 0.25) is 0 Å². The van der Waals surface area contributed by atoms with E-state index in [2.05, 4.69) is 29.6 Å². The van der Waals surface area contributed by atoms with Crippen molar-refractivity contribution in [3.05, 3.63) is 69.3 Å². The van der Waals surface area contributed by atoms with Gasteiger partial charge in [0.2, 0.25) is 0 Å². The van der Waals surface area contributed by atoms with Crippen LogP contribution in [0.3, 0.4) is 0 Å². The number of hydrogen-bond donors (Lipinski definition) is 1. The average Bonchev–Trinajstić information content (AvgIpc) is 2.99. The molecule has 0 bridgehead atoms. The van der Waals surface area contributed by atoms with Crippen LogP contribution in [0.25, 0.3) is 5.65 Å². The maximum absolute atomic E-state index is 14.3. The smallest absolute Gasteiger partial charge is 0.173 e. The van der Waals surface area contributed by atoms with Gasteiger partial charge in [0.25, 0.3) is 0 Å². The maximum atomic E-state index is 14.3. The quantitative estimate of drug-likeness (QED) is 0.375. The lowest BCUT2D eigenvalue weighted by Crippen LogP contribution is -2.15. The highest BCUT2D eigenvalue weighted by atomic mass is 32.2. The molecule has 0 aliphatic heterocycles. The number of nitrogens with zero attached hydrogens (tertiary/aromatic N) is 3. The molecule has 2 N–H and O–H groups in total. The first kappa shape index (κ1) is 21.0. The number of nitrogens with two attached hydrogens (primary N) is 1. The number of unbranched alkanes of at least 4 members (excludes halogenated alkanes) is 1. The van der Waals surface area contributed by atoms with Crippen LogP contribution in [0.5, 0.6) is 0 Å². The Morgan fingerprint density at radius 3 is 2.70 bits per heavy atom. The fourth-order valence-corrected chi connectivity index (χ4v) is 3.23. The van der Waals surface area contributed by atoms with Crippen molar-refractivity contribution >= 4 is 23.2 Å². The van der Waals surface area contributed by atoms with Crippen molar-refractivity contribution in [2.75, 3.05) is 0 Å². The molecule has 0 fully saturated rings. The number of rotatable bonds is 7. The predicted molar refractivity (Wildman–Crippen MR) is 114 cm³/mol. The van der Waals surface area contributed by atoms with Crippen LogP contribution in [0.4, 0.5) is 4.39 Å². The molecule has 0 aliphatic carbocycles. The monoisotopic (exact) mass is 386 g/mol. The number of halogens is 1. The normalized spacial score (nSPS) is 12.5. The number of allylic oxidation sites excluding steroid dienone is 3. The zero-order chi connectivity index (χ0) is 20.1. The first-order valence-corrected chi connectivity index (χ1v) is 9.75. The number of aliphatic imine (C=N–C) groups is 1. The molecule has 2 rings (SSSR count). The van der Waals surface area contributed by atoms with Crippen LogP contribution in [0.15, 0.2) is 57.2 Å². The van der Waals surface area contributed by atoms with E-state index in [-0.39, 0.29) is 11.5 Å². The van der Waals surface area contributed by atoms with Crippen molar-refractivity contribution in [1.82, 2.24) is 9.38 Å². The lowest BCUT2D eigenvalue weighted by Gasteiger charge is -2.10. The van der Waals surface area contributed by atoms with Gasteiger partial charge in [0.1, 0.15) is 10.9 Å². The molecule has 6 heteroatoms. The van der Waals surface area contributed by atoms with Gasteiger partial charge in [-0.25, -0.2) is 14.4 Å². The molecule has 0 aromatic carbocycles. The number of aryl methyl sites for hydroxylation is 1. The Morgan fingerprint density at radius 1 is 1.37 bits per heavy atom. The molecule has 0 atom stereocenters. The van der Waals surface area contributed by atoms with Gasteiger partial charge in [-0.15, -0.1) is 0 Å². The summed E-state index contributed by atoms with van der Waals surface area (Å²) in [5, 5.41) is 0.768. The van der Waals surface area contributed by atoms with E-state index in [9.17, 15) is 4.39 Å². The van der Waals surface area contributed by atoms with Gasteiger partial charge in [-0.3, -0.25) is 0 Å². The van der Waals surface area contributed by atoms with E-state index in [1.54, 1.807) is 16.8 Å². The zero-order valence-electron chi connectivity index (χ0n) is 16.6. The number of imidazole rings is 1. The highest BCUT2D eigenvalue weighted by Gasteiger charge is 2.11. The van der Waals surface area contributed by atoms with Crippen molar-refractivity contribution in [3.63, 3.8) is 0 Å². The van der Waals surface area contributed by atoms with Gasteiger partial charge in [0.15, 0.2) is 11.5 Å². The number of pyridine rings is 1. The molecule has 2 aromatic rings. The van der Waals surface area contributed by atoms with Gasteiger partial charge in [0, 0.05) is 22.9 Å². The lowest BCUT2D eigenvalue weighted by atomic mass is 10.2. The van der Waals surface area contributed by atoms with Gasteiger partial charge in [-0.1, -0.05) is 37.8 Å². The molecule has 0 amide bonds. The van der Waals surface area contributed by atoms with Crippen LogP contribution >= 0.6 is 11.8 Å². The number of thioether (sulfide) groups is 1. The van der Waals surface area contributed by atoms with Crippen molar-refractivity contribution in [2.24, 2.45) is 10.7 Å². The molecule has 0 radical (unpaired) electrons. The molecule has 144 valence electrons. The summed E-state index contributed by atoms with van der Waals surface area (Å²) < 4.78 is 16.0. The lowest BCUT2D eigenvalue weighted by molar-refractivity contribution is 0.629. The summed E-state index contributed by atoms with van der Waals surface area (Å²) in [4.78, 5) is 9.65. The molecule has 0 aliphatic rings. The van der Waals surface area contributed by atoms with Gasteiger partial charge >= 0.3 is 0 Å². The molecule has 27 heavy (non-hydrogen) atoms. The number of hydrogen-bond acceptors (Lipinski definition) is 3. The molecular formula is C21H27FN4S. The van der Waals surface area contributed by atoms with Gasteiger partial charge in [0.05, 0.1) is 5.69 Å². The maximum Gasteiger partial charge on any atom is 0.173 e. The van der Waals surface area contributed by atoms with E-state index in [1.165, 1.54) is 17.8 Å². The average molecular weight is 387 g/mol. The Balaban J connectivity index is 2.33. The molecule has 0 saturated carbocycles. The fraction of sp³-hybridized carbons (Fsp3) is 0.333. The summed E-state index contributed by atoms with van der Waals surface area (Å²) in [6, 6.07) is 1.37. The molecule has 0 spiro atoms. The number of fused-ring (bicyclic) bond motifs is 1. The van der Waals surface area contributed by atoms with E-state index >= 15 is 0 Å². The number of amidine groups is 1. The second-order valence-electron chi connectivity index (χ2n) is 6.69. The predicted octanol–water partition coefficient (Wildman–Crippen LogP) is 5.73. The minimum Gasteiger partial charge on any atom is -0.383 e. The van der Waals surface area contributed by atoms with Crippen molar-refractivity contribution in [2.45, 2.75) is 47.5 Å². The molecule has 0 saturated heterocycles. The molecule has 0 unspecified atom stereocenters. The van der Waals surface area contributed by atoms with Crippen molar-refractivity contribution < 1.29 is 4.39 Å². The molecule has 2 heterocycles. The number of aromatic nitrogens is 2. The van der Waals surface area contributed by atoms with E-state index in [0.29, 0.717) is 5.56 Å².